The Hall–Kier alpha value is -2.24. The summed E-state index contributed by atoms with van der Waals surface area (Å²) >= 11 is 0. The third-order valence-electron chi connectivity index (χ3n) is 5.67. The van der Waals surface area contributed by atoms with Crippen LogP contribution in [-0.2, 0) is 14.0 Å². The molecule has 1 aromatic carbocycles. The summed E-state index contributed by atoms with van der Waals surface area (Å²) in [4.78, 5) is 27.3. The molecular weight excluding hydrogens is 378 g/mol. The molecule has 0 fully saturated rings. The third-order valence-corrected chi connectivity index (χ3v) is 10.1. The molecule has 29 heavy (non-hydrogen) atoms. The van der Waals surface area contributed by atoms with Crippen molar-refractivity contribution in [1.29, 1.82) is 0 Å². The quantitative estimate of drug-likeness (QED) is 0.449. The maximum atomic E-state index is 12.8. The van der Waals surface area contributed by atoms with Gasteiger partial charge in [-0.2, -0.15) is 0 Å². The van der Waals surface area contributed by atoms with E-state index in [1.807, 2.05) is 42.5 Å². The highest BCUT2D eigenvalue weighted by Crippen LogP contribution is 2.38. The first-order chi connectivity index (χ1) is 13.6. The van der Waals surface area contributed by atoms with Crippen molar-refractivity contribution in [3.8, 4) is 0 Å². The van der Waals surface area contributed by atoms with Crippen molar-refractivity contribution < 1.29 is 14.0 Å². The number of carbonyl (C=O) groups is 2. The molecular formula is C24H33NO3Si. The molecule has 1 aliphatic heterocycles. The minimum Gasteiger partial charge on any atom is -0.404 e. The maximum Gasteiger partial charge on any atom is 0.227 e. The standard InChI is InChI=1S/C24H33NO3Si/c1-7-8-14-22(27)25-18-17-21(26)23(28-29(5,6)24(2,3)4)20(25)16-15-19-12-10-9-11-13-19/h7,9-13,15-18,20,23H,1,8,14H2,2-6H3/b16-15+/t20-,23+/m1/s1. The van der Waals surface area contributed by atoms with Gasteiger partial charge in [0.25, 0.3) is 0 Å². The Kier molecular flexibility index (Phi) is 7.55. The van der Waals surface area contributed by atoms with Gasteiger partial charge in [-0.25, -0.2) is 0 Å². The molecule has 0 saturated carbocycles. The number of hydrogen-bond acceptors (Lipinski definition) is 3. The summed E-state index contributed by atoms with van der Waals surface area (Å²) in [6, 6.07) is 9.39. The molecule has 0 radical (unpaired) electrons. The van der Waals surface area contributed by atoms with Crippen LogP contribution >= 0.6 is 0 Å². The van der Waals surface area contributed by atoms with Gasteiger partial charge in [-0.3, -0.25) is 9.59 Å². The molecule has 156 valence electrons. The number of hydrogen-bond donors (Lipinski definition) is 0. The number of nitrogens with zero attached hydrogens (tertiary/aromatic N) is 1. The normalized spacial score (nSPS) is 20.3. The van der Waals surface area contributed by atoms with Crippen LogP contribution < -0.4 is 0 Å². The fourth-order valence-corrected chi connectivity index (χ4v) is 4.10. The molecule has 0 aromatic heterocycles. The molecule has 1 heterocycles. The van der Waals surface area contributed by atoms with Gasteiger partial charge in [0.1, 0.15) is 6.10 Å². The molecule has 1 aromatic rings. The van der Waals surface area contributed by atoms with Gasteiger partial charge in [0, 0.05) is 18.7 Å². The molecule has 0 bridgehead atoms. The van der Waals surface area contributed by atoms with Gasteiger partial charge in [0.2, 0.25) is 5.91 Å². The van der Waals surface area contributed by atoms with E-state index in [0.717, 1.165) is 5.56 Å². The van der Waals surface area contributed by atoms with Crippen molar-refractivity contribution in [3.63, 3.8) is 0 Å². The van der Waals surface area contributed by atoms with Crippen LogP contribution in [0.3, 0.4) is 0 Å². The second-order valence-corrected chi connectivity index (χ2v) is 13.7. The van der Waals surface area contributed by atoms with Gasteiger partial charge in [0.15, 0.2) is 14.1 Å². The Bertz CT molecular complexity index is 790. The smallest absolute Gasteiger partial charge is 0.227 e. The number of ketones is 1. The number of benzene rings is 1. The largest absolute Gasteiger partial charge is 0.404 e. The van der Waals surface area contributed by atoms with E-state index in [-0.39, 0.29) is 16.7 Å². The van der Waals surface area contributed by atoms with E-state index in [1.54, 1.807) is 17.2 Å². The number of rotatable bonds is 7. The maximum absolute atomic E-state index is 12.8. The van der Waals surface area contributed by atoms with Gasteiger partial charge in [-0.15, -0.1) is 6.58 Å². The molecule has 0 aliphatic carbocycles. The molecule has 0 spiro atoms. The van der Waals surface area contributed by atoms with Crippen molar-refractivity contribution in [3.05, 3.63) is 66.9 Å². The SMILES string of the molecule is C=CCCC(=O)N1C=CC(=O)[C@@H](O[Si](C)(C)C(C)(C)C)[C@H]1/C=C/c1ccccc1. The van der Waals surface area contributed by atoms with Crippen molar-refractivity contribution in [1.82, 2.24) is 4.90 Å². The fourth-order valence-electron chi connectivity index (χ4n) is 2.86. The van der Waals surface area contributed by atoms with Crippen LogP contribution in [0.25, 0.3) is 6.08 Å². The highest BCUT2D eigenvalue weighted by molar-refractivity contribution is 6.74. The van der Waals surface area contributed by atoms with E-state index in [9.17, 15) is 9.59 Å². The number of carbonyl (C=O) groups excluding carboxylic acids is 2. The highest BCUT2D eigenvalue weighted by Gasteiger charge is 2.44. The minimum absolute atomic E-state index is 0.0415. The molecule has 1 aliphatic rings. The van der Waals surface area contributed by atoms with Crippen LogP contribution in [-0.4, -0.2) is 37.1 Å². The summed E-state index contributed by atoms with van der Waals surface area (Å²) in [6.07, 6.45) is 8.91. The predicted molar refractivity (Wildman–Crippen MR) is 122 cm³/mol. The zero-order valence-corrected chi connectivity index (χ0v) is 19.2. The first-order valence-electron chi connectivity index (χ1n) is 10.1. The second kappa shape index (κ2) is 9.50. The molecule has 0 N–H and O–H groups in total. The van der Waals surface area contributed by atoms with Gasteiger partial charge >= 0.3 is 0 Å². The van der Waals surface area contributed by atoms with Crippen LogP contribution in [0.15, 0.2) is 61.3 Å². The Balaban J connectivity index is 2.40. The Labute approximate surface area is 176 Å². The van der Waals surface area contributed by atoms with E-state index in [0.29, 0.717) is 12.8 Å². The molecule has 5 heteroatoms. The summed E-state index contributed by atoms with van der Waals surface area (Å²) in [6.45, 7) is 14.4. The number of amides is 1. The van der Waals surface area contributed by atoms with Gasteiger partial charge in [-0.1, -0.05) is 69.3 Å². The Morgan fingerprint density at radius 1 is 1.24 bits per heavy atom. The Morgan fingerprint density at radius 2 is 1.90 bits per heavy atom. The van der Waals surface area contributed by atoms with Gasteiger partial charge in [0.05, 0.1) is 6.04 Å². The lowest BCUT2D eigenvalue weighted by Crippen LogP contribution is -2.55. The predicted octanol–water partition coefficient (Wildman–Crippen LogP) is 5.35. The van der Waals surface area contributed by atoms with Crippen molar-refractivity contribution in [2.45, 2.75) is 63.9 Å². The summed E-state index contributed by atoms with van der Waals surface area (Å²) in [5, 5.41) is -0.0419. The van der Waals surface area contributed by atoms with Crippen LogP contribution in [0.5, 0.6) is 0 Å². The van der Waals surface area contributed by atoms with Crippen molar-refractivity contribution in [2.24, 2.45) is 0 Å². The minimum atomic E-state index is -2.22. The van der Waals surface area contributed by atoms with E-state index >= 15 is 0 Å². The van der Waals surface area contributed by atoms with E-state index in [2.05, 4.69) is 40.4 Å². The monoisotopic (exact) mass is 411 g/mol. The van der Waals surface area contributed by atoms with E-state index < -0.39 is 20.5 Å². The first-order valence-corrected chi connectivity index (χ1v) is 13.0. The summed E-state index contributed by atoms with van der Waals surface area (Å²) in [5.41, 5.74) is 1.01. The second-order valence-electron chi connectivity index (χ2n) is 8.91. The van der Waals surface area contributed by atoms with E-state index in [4.69, 9.17) is 4.43 Å². The fraction of sp³-hybridized carbons (Fsp3) is 0.417. The lowest BCUT2D eigenvalue weighted by molar-refractivity contribution is -0.135. The Morgan fingerprint density at radius 3 is 2.48 bits per heavy atom. The van der Waals surface area contributed by atoms with Crippen LogP contribution in [0.1, 0.15) is 39.2 Å². The molecule has 0 unspecified atom stereocenters. The average Bonchev–Trinajstić information content (AvgIpc) is 2.66. The van der Waals surface area contributed by atoms with Crippen LogP contribution in [0, 0.1) is 0 Å². The lowest BCUT2D eigenvalue weighted by atomic mass is 9.99. The van der Waals surface area contributed by atoms with Gasteiger partial charge < -0.3 is 9.33 Å². The van der Waals surface area contributed by atoms with Crippen molar-refractivity contribution in [2.75, 3.05) is 0 Å². The zero-order valence-electron chi connectivity index (χ0n) is 18.2. The summed E-state index contributed by atoms with van der Waals surface area (Å²) in [7, 11) is -2.22. The van der Waals surface area contributed by atoms with Gasteiger partial charge in [-0.05, 0) is 30.1 Å². The zero-order chi connectivity index (χ0) is 21.7. The number of allylic oxidation sites excluding steroid dienone is 1. The summed E-state index contributed by atoms with van der Waals surface area (Å²) < 4.78 is 6.51. The van der Waals surface area contributed by atoms with Crippen molar-refractivity contribution >= 4 is 26.1 Å². The molecule has 2 atom stereocenters. The molecule has 1 amide bonds. The van der Waals surface area contributed by atoms with Crippen LogP contribution in [0.2, 0.25) is 18.1 Å². The first kappa shape index (κ1) is 23.0. The highest BCUT2D eigenvalue weighted by atomic mass is 28.4. The summed E-state index contributed by atoms with van der Waals surface area (Å²) in [5.74, 6) is -0.134. The van der Waals surface area contributed by atoms with Crippen LogP contribution in [0.4, 0.5) is 0 Å². The molecule has 4 nitrogen and oxygen atoms in total. The third kappa shape index (κ3) is 5.87. The van der Waals surface area contributed by atoms with E-state index in [1.165, 1.54) is 6.08 Å². The molecule has 0 saturated heterocycles. The topological polar surface area (TPSA) is 46.6 Å². The molecule has 2 rings (SSSR count). The lowest BCUT2D eigenvalue weighted by Gasteiger charge is -2.43. The average molecular weight is 412 g/mol.